The van der Waals surface area contributed by atoms with Crippen LogP contribution >= 0.6 is 0 Å². The molecule has 2 amide bonds. The molecule has 2 aromatic heterocycles. The molecular formula is C27H27F4N7O2. The van der Waals surface area contributed by atoms with Crippen molar-refractivity contribution < 1.29 is 27.2 Å². The third-order valence-electron chi connectivity index (χ3n) is 7.82. The van der Waals surface area contributed by atoms with Crippen molar-refractivity contribution in [1.82, 2.24) is 19.9 Å². The number of para-hydroxylation sites is 1. The van der Waals surface area contributed by atoms with Crippen LogP contribution < -0.4 is 20.0 Å². The van der Waals surface area contributed by atoms with Gasteiger partial charge in [0.25, 0.3) is 0 Å². The van der Waals surface area contributed by atoms with Crippen molar-refractivity contribution in [3.05, 3.63) is 65.6 Å². The number of halogens is 4. The molecule has 0 bridgehead atoms. The lowest BCUT2D eigenvalue weighted by Gasteiger charge is -2.38. The van der Waals surface area contributed by atoms with Crippen LogP contribution in [0.2, 0.25) is 0 Å². The Bertz CT molecular complexity index is 1490. The molecule has 3 aromatic rings. The number of imidazole rings is 1. The zero-order chi connectivity index (χ0) is 28.3. The van der Waals surface area contributed by atoms with E-state index in [2.05, 4.69) is 15.3 Å². The van der Waals surface area contributed by atoms with Gasteiger partial charge in [0.15, 0.2) is 0 Å². The second-order valence-electron chi connectivity index (χ2n) is 10.5. The van der Waals surface area contributed by atoms with Crippen LogP contribution in [0.15, 0.2) is 42.9 Å². The zero-order valence-electron chi connectivity index (χ0n) is 21.8. The highest BCUT2D eigenvalue weighted by atomic mass is 19.4. The molecule has 2 fully saturated rings. The van der Waals surface area contributed by atoms with Gasteiger partial charge in [-0.2, -0.15) is 13.2 Å². The number of nitrogens with zero attached hydrogens (tertiary/aromatic N) is 6. The van der Waals surface area contributed by atoms with E-state index in [9.17, 15) is 22.8 Å². The molecule has 3 aliphatic heterocycles. The van der Waals surface area contributed by atoms with Gasteiger partial charge in [-0.25, -0.2) is 14.4 Å². The van der Waals surface area contributed by atoms with Gasteiger partial charge >= 0.3 is 6.18 Å². The summed E-state index contributed by atoms with van der Waals surface area (Å²) in [7, 11) is 1.48. The zero-order valence-corrected chi connectivity index (χ0v) is 21.8. The maximum Gasteiger partial charge on any atom is 0.416 e. The summed E-state index contributed by atoms with van der Waals surface area (Å²) in [6.45, 7) is 3.38. The second kappa shape index (κ2) is 9.58. The fourth-order valence-electron chi connectivity index (χ4n) is 5.75. The molecule has 0 unspecified atom stereocenters. The molecule has 9 nitrogen and oxygen atoms in total. The van der Waals surface area contributed by atoms with Gasteiger partial charge in [0, 0.05) is 50.9 Å². The average molecular weight is 558 g/mol. The third kappa shape index (κ3) is 4.47. The van der Waals surface area contributed by atoms with E-state index in [-0.39, 0.29) is 42.8 Å². The third-order valence-corrected chi connectivity index (χ3v) is 7.82. The van der Waals surface area contributed by atoms with E-state index in [1.807, 2.05) is 10.8 Å². The van der Waals surface area contributed by atoms with Gasteiger partial charge in [-0.05, 0) is 31.2 Å². The number of anilines is 3. The Balaban J connectivity index is 1.41. The fourth-order valence-corrected chi connectivity index (χ4v) is 5.75. The number of hydrogen-bond donors (Lipinski definition) is 1. The minimum absolute atomic E-state index is 0.0685. The molecule has 6 rings (SSSR count). The SMILES string of the molecule is Cc1cc(C(F)(F)F)cc(N2C(=O)C[C@@H]3CN(Cc4cn(C5CNC5)cn4)c4c(F)cccc4N(C)C(=O)[C@H]32)n1. The quantitative estimate of drug-likeness (QED) is 0.496. The van der Waals surface area contributed by atoms with Crippen molar-refractivity contribution in [2.24, 2.45) is 5.92 Å². The Kier molecular flexibility index (Phi) is 6.28. The number of nitrogens with one attached hydrogen (secondary N) is 1. The first kappa shape index (κ1) is 26.2. The van der Waals surface area contributed by atoms with E-state index >= 15 is 4.39 Å². The van der Waals surface area contributed by atoms with E-state index in [1.165, 1.54) is 31.0 Å². The maximum absolute atomic E-state index is 15.4. The van der Waals surface area contributed by atoms with Gasteiger partial charge in [-0.1, -0.05) is 6.07 Å². The topological polar surface area (TPSA) is 86.6 Å². The number of pyridine rings is 1. The van der Waals surface area contributed by atoms with Crippen molar-refractivity contribution in [2.75, 3.05) is 41.4 Å². The summed E-state index contributed by atoms with van der Waals surface area (Å²) < 4.78 is 58.2. The number of alkyl halides is 3. The number of fused-ring (bicyclic) bond motifs is 2. The van der Waals surface area contributed by atoms with Crippen molar-refractivity contribution in [3.8, 4) is 0 Å². The van der Waals surface area contributed by atoms with Gasteiger partial charge in [-0.3, -0.25) is 14.5 Å². The smallest absolute Gasteiger partial charge is 0.361 e. The lowest BCUT2D eigenvalue weighted by molar-refractivity contribution is -0.137. The molecule has 0 spiro atoms. The summed E-state index contributed by atoms with van der Waals surface area (Å²) in [5.74, 6) is -2.44. The highest BCUT2D eigenvalue weighted by molar-refractivity contribution is 6.10. The van der Waals surface area contributed by atoms with Gasteiger partial charge in [0.05, 0.1) is 41.5 Å². The van der Waals surface area contributed by atoms with Crippen molar-refractivity contribution >= 4 is 29.0 Å². The Hall–Kier alpha value is -4.00. The molecule has 1 aromatic carbocycles. The highest BCUT2D eigenvalue weighted by Gasteiger charge is 2.49. The summed E-state index contributed by atoms with van der Waals surface area (Å²) in [6.07, 6.45) is -1.13. The van der Waals surface area contributed by atoms with Crippen molar-refractivity contribution in [2.45, 2.75) is 38.1 Å². The van der Waals surface area contributed by atoms with Crippen LogP contribution in [-0.2, 0) is 22.3 Å². The summed E-state index contributed by atoms with van der Waals surface area (Å²) in [4.78, 5) is 40.0. The first-order valence-electron chi connectivity index (χ1n) is 12.9. The van der Waals surface area contributed by atoms with E-state index in [4.69, 9.17) is 0 Å². The van der Waals surface area contributed by atoms with Crippen LogP contribution in [0, 0.1) is 18.7 Å². The Morgan fingerprint density at radius 1 is 1.15 bits per heavy atom. The maximum atomic E-state index is 15.4. The molecule has 2 saturated heterocycles. The van der Waals surface area contributed by atoms with Crippen LogP contribution in [0.3, 0.4) is 0 Å². The molecule has 210 valence electrons. The van der Waals surface area contributed by atoms with Gasteiger partial charge in [-0.15, -0.1) is 0 Å². The number of likely N-dealkylation sites (N-methyl/N-ethyl adjacent to an activating group) is 1. The van der Waals surface area contributed by atoms with Crippen molar-refractivity contribution in [1.29, 1.82) is 0 Å². The number of hydrogen-bond acceptors (Lipinski definition) is 6. The van der Waals surface area contributed by atoms with E-state index in [0.29, 0.717) is 11.4 Å². The molecule has 2 atom stereocenters. The summed E-state index contributed by atoms with van der Waals surface area (Å²) in [5, 5.41) is 3.21. The lowest BCUT2D eigenvalue weighted by Crippen LogP contribution is -2.52. The number of amides is 2. The number of carbonyl (C=O) groups is 2. The molecule has 0 radical (unpaired) electrons. The molecule has 3 aliphatic rings. The molecule has 13 heteroatoms. The molecule has 40 heavy (non-hydrogen) atoms. The minimum Gasteiger partial charge on any atom is -0.361 e. The van der Waals surface area contributed by atoms with Crippen molar-refractivity contribution in [3.63, 3.8) is 0 Å². The van der Waals surface area contributed by atoms with E-state index < -0.39 is 41.3 Å². The van der Waals surface area contributed by atoms with Gasteiger partial charge in [0.1, 0.15) is 17.7 Å². The first-order valence-corrected chi connectivity index (χ1v) is 12.9. The summed E-state index contributed by atoms with van der Waals surface area (Å²) in [6, 6.07) is 5.27. The van der Waals surface area contributed by atoms with Crippen LogP contribution in [0.25, 0.3) is 0 Å². The predicted molar refractivity (Wildman–Crippen MR) is 138 cm³/mol. The number of aromatic nitrogens is 3. The lowest BCUT2D eigenvalue weighted by atomic mass is 9.95. The summed E-state index contributed by atoms with van der Waals surface area (Å²) >= 11 is 0. The van der Waals surface area contributed by atoms with Gasteiger partial charge < -0.3 is 19.7 Å². The Morgan fingerprint density at radius 3 is 2.62 bits per heavy atom. The van der Waals surface area contributed by atoms with Gasteiger partial charge in [0.2, 0.25) is 11.8 Å². The molecule has 0 saturated carbocycles. The van der Waals surface area contributed by atoms with Crippen LogP contribution in [0.5, 0.6) is 0 Å². The molecular weight excluding hydrogens is 530 g/mol. The molecule has 1 N–H and O–H groups in total. The van der Waals surface area contributed by atoms with Crippen LogP contribution in [-0.4, -0.2) is 59.1 Å². The number of rotatable bonds is 4. The van der Waals surface area contributed by atoms with Crippen LogP contribution in [0.4, 0.5) is 34.8 Å². The predicted octanol–water partition coefficient (Wildman–Crippen LogP) is 3.29. The number of benzene rings is 1. The summed E-state index contributed by atoms with van der Waals surface area (Å²) in [5.41, 5.74) is 0.293. The Morgan fingerprint density at radius 2 is 1.93 bits per heavy atom. The highest BCUT2D eigenvalue weighted by Crippen LogP contribution is 2.41. The van der Waals surface area contributed by atoms with E-state index in [0.717, 1.165) is 30.1 Å². The second-order valence-corrected chi connectivity index (χ2v) is 10.5. The van der Waals surface area contributed by atoms with Crippen LogP contribution in [0.1, 0.15) is 29.4 Å². The minimum atomic E-state index is -4.65. The average Bonchev–Trinajstić information content (AvgIpc) is 3.43. The number of aryl methyl sites for hydroxylation is 1. The fraction of sp³-hybridized carbons (Fsp3) is 0.407. The number of carbonyl (C=O) groups excluding carboxylic acids is 2. The normalized spacial score (nSPS) is 21.7. The standard InChI is InChI=1S/C27H27F4N7O2/c1-15-6-17(27(29,30)31)8-22(34-15)38-23(39)7-16-11-36(12-18-13-37(14-33-18)19-9-32-10-19)25-20(28)4-3-5-21(25)35(2)26(40)24(16)38/h3-6,8,13-14,16,19,24,32H,7,9-12H2,1-2H3/t16-,24+/m1/s1. The molecule has 0 aliphatic carbocycles. The Labute approximate surface area is 227 Å². The van der Waals surface area contributed by atoms with E-state index in [1.54, 1.807) is 17.3 Å². The molecule has 5 heterocycles. The largest absolute Gasteiger partial charge is 0.416 e. The monoisotopic (exact) mass is 557 g/mol. The first-order chi connectivity index (χ1) is 19.0.